The Morgan fingerprint density at radius 1 is 0.474 bits per heavy atom. The molecule has 7 saturated heterocycles. The molecule has 0 saturated carbocycles. The van der Waals surface area contributed by atoms with Gasteiger partial charge in [-0.05, 0) is 34.9 Å². The van der Waals surface area contributed by atoms with E-state index in [0.717, 1.165) is 11.6 Å². The Balaban J connectivity index is 1.16. The third-order valence-corrected chi connectivity index (χ3v) is 12.3. The number of ether oxygens (including phenoxy) is 2. The van der Waals surface area contributed by atoms with Gasteiger partial charge in [-0.15, -0.1) is 0 Å². The maximum absolute atomic E-state index is 7.37. The molecule has 0 aliphatic carbocycles. The third kappa shape index (κ3) is 5.32. The van der Waals surface area contributed by atoms with Crippen LogP contribution in [0.5, 0.6) is 0 Å². The number of hydrogen-bond donors (Lipinski definition) is 0. The van der Waals surface area contributed by atoms with Crippen LogP contribution in [0.1, 0.15) is 116 Å². The zero-order valence-corrected chi connectivity index (χ0v) is 24.0. The minimum absolute atomic E-state index is 0.0521. The first-order valence-electron chi connectivity index (χ1n) is 16.9. The Morgan fingerprint density at radius 3 is 1.18 bits per heavy atom. The van der Waals surface area contributed by atoms with Crippen LogP contribution in [-0.4, -0.2) is 59.1 Å². The van der Waals surface area contributed by atoms with Crippen molar-refractivity contribution in [2.75, 3.05) is 13.7 Å². The van der Waals surface area contributed by atoms with Crippen LogP contribution in [0.3, 0.4) is 0 Å². The largest absolute Gasteiger partial charge is 0.428 e. The predicted molar refractivity (Wildman–Crippen MR) is 154 cm³/mol. The van der Waals surface area contributed by atoms with E-state index in [-0.39, 0.29) is 24.6 Å². The molecule has 7 aliphatic rings. The normalized spacial score (nSPS) is 45.2. The second-order valence-electron chi connectivity index (χ2n) is 14.4. The van der Waals surface area contributed by atoms with Gasteiger partial charge in [0.1, 0.15) is 6.10 Å². The van der Waals surface area contributed by atoms with Crippen LogP contribution in [0.4, 0.5) is 0 Å². The van der Waals surface area contributed by atoms with Crippen LogP contribution in [-0.2, 0) is 23.4 Å². The fourth-order valence-corrected chi connectivity index (χ4v) is 10.4. The molecule has 7 heterocycles. The van der Waals surface area contributed by atoms with Gasteiger partial charge in [-0.1, -0.05) is 116 Å². The number of fused-ring (bicyclic) bond motifs is 6. The Kier molecular flexibility index (Phi) is 8.54. The van der Waals surface area contributed by atoms with E-state index < -0.39 is 0 Å². The van der Waals surface area contributed by atoms with Crippen molar-refractivity contribution in [1.29, 1.82) is 0 Å². The van der Waals surface area contributed by atoms with E-state index in [0.29, 0.717) is 50.6 Å². The highest BCUT2D eigenvalue weighted by atomic mass is 16.7. The molecule has 38 heavy (non-hydrogen) atoms. The number of rotatable bonds is 7. The van der Waals surface area contributed by atoms with E-state index in [2.05, 4.69) is 0 Å². The molecule has 210 valence electrons. The van der Waals surface area contributed by atoms with Gasteiger partial charge in [0, 0.05) is 7.11 Å². The zero-order chi connectivity index (χ0) is 25.5. The number of hydrogen-bond acceptors (Lipinski definition) is 5. The highest BCUT2D eigenvalue weighted by Crippen LogP contribution is 2.51. The lowest BCUT2D eigenvalue weighted by atomic mass is 9.37. The van der Waals surface area contributed by atoms with Gasteiger partial charge in [-0.3, -0.25) is 0 Å². The molecule has 0 spiro atoms. The van der Waals surface area contributed by atoms with Crippen LogP contribution < -0.4 is 0 Å². The summed E-state index contributed by atoms with van der Waals surface area (Å²) in [4.78, 5) is 0. The monoisotopic (exact) mass is 524 g/mol. The van der Waals surface area contributed by atoms with Crippen molar-refractivity contribution in [2.24, 2.45) is 0 Å². The molecule has 0 amide bonds. The summed E-state index contributed by atoms with van der Waals surface area (Å²) in [5, 5.41) is 0. The van der Waals surface area contributed by atoms with Crippen LogP contribution >= 0.6 is 0 Å². The predicted octanol–water partition coefficient (Wildman–Crippen LogP) is 7.44. The van der Waals surface area contributed by atoms with Crippen molar-refractivity contribution in [1.82, 2.24) is 0 Å². The fraction of sp³-hybridized carbons (Fsp3) is 1.00. The highest BCUT2D eigenvalue weighted by Gasteiger charge is 2.53. The second kappa shape index (κ2) is 12.1. The maximum atomic E-state index is 7.37. The van der Waals surface area contributed by atoms with Crippen molar-refractivity contribution in [3.8, 4) is 0 Å². The summed E-state index contributed by atoms with van der Waals surface area (Å²) >= 11 is 0. The van der Waals surface area contributed by atoms with Crippen molar-refractivity contribution in [2.45, 2.75) is 175 Å². The summed E-state index contributed by atoms with van der Waals surface area (Å²) in [6.07, 6.45) is 23.4. The lowest BCUT2D eigenvalue weighted by Gasteiger charge is -2.51. The fourth-order valence-electron chi connectivity index (χ4n) is 10.4. The lowest BCUT2D eigenvalue weighted by molar-refractivity contribution is -0.250. The maximum Gasteiger partial charge on any atom is 0.300 e. The minimum atomic E-state index is -0.364. The van der Waals surface area contributed by atoms with Crippen molar-refractivity contribution >= 4 is 20.7 Å². The van der Waals surface area contributed by atoms with E-state index in [1.54, 1.807) is 7.11 Å². The molecule has 5 nitrogen and oxygen atoms in total. The molecule has 7 fully saturated rings. The summed E-state index contributed by atoms with van der Waals surface area (Å²) in [6.45, 7) is 1.62. The summed E-state index contributed by atoms with van der Waals surface area (Å²) in [5.74, 6) is 4.22. The summed E-state index contributed by atoms with van der Waals surface area (Å²) in [6, 6.07) is 0. The molecule has 0 aromatic rings. The first kappa shape index (κ1) is 26.9. The molecule has 0 aromatic heterocycles. The summed E-state index contributed by atoms with van der Waals surface area (Å²) in [7, 11) is 1.79. The molecule has 7 rings (SSSR count). The first-order valence-corrected chi connectivity index (χ1v) is 16.9. The average Bonchev–Trinajstić information content (AvgIpc) is 2.90. The Hall–Kier alpha value is -0.00519. The zero-order valence-electron chi connectivity index (χ0n) is 24.0. The van der Waals surface area contributed by atoms with Crippen molar-refractivity contribution < 1.29 is 23.4 Å². The van der Waals surface area contributed by atoms with Gasteiger partial charge in [-0.2, -0.15) is 0 Å². The van der Waals surface area contributed by atoms with E-state index in [4.69, 9.17) is 23.4 Å². The SMILES string of the molecule is CO[C@H]1OC[C@@H](OB2C3CCCC2CCC3)[C@H](OB2C3CCCC2CCC3)[C@H]1OB1C2CCCC1CCC2. The van der Waals surface area contributed by atoms with Gasteiger partial charge >= 0.3 is 0 Å². The Labute approximate surface area is 232 Å². The van der Waals surface area contributed by atoms with Gasteiger partial charge in [0.25, 0.3) is 20.7 Å². The topological polar surface area (TPSA) is 46.2 Å². The third-order valence-electron chi connectivity index (χ3n) is 12.3. The van der Waals surface area contributed by atoms with Gasteiger partial charge < -0.3 is 23.4 Å². The molecule has 4 atom stereocenters. The lowest BCUT2D eigenvalue weighted by Crippen LogP contribution is -2.62. The molecule has 0 N–H and O–H groups in total. The van der Waals surface area contributed by atoms with Gasteiger partial charge in [0.05, 0.1) is 18.8 Å². The smallest absolute Gasteiger partial charge is 0.300 e. The molecule has 0 radical (unpaired) electrons. The van der Waals surface area contributed by atoms with E-state index >= 15 is 0 Å². The first-order chi connectivity index (χ1) is 18.8. The van der Waals surface area contributed by atoms with Crippen LogP contribution in [0.15, 0.2) is 0 Å². The highest BCUT2D eigenvalue weighted by molar-refractivity contribution is 6.57. The molecule has 6 bridgehead atoms. The van der Waals surface area contributed by atoms with Gasteiger partial charge in [-0.25, -0.2) is 0 Å². The number of methoxy groups -OCH3 is 1. The minimum Gasteiger partial charge on any atom is -0.428 e. The van der Waals surface area contributed by atoms with Crippen molar-refractivity contribution in [3.63, 3.8) is 0 Å². The molecular formula is C30H51B3O5. The molecule has 7 aliphatic heterocycles. The standard InChI is InChI=1S/C30H51B3O5/c1-34-30-29(38-33-25-16-6-17-26(33)19-7-18-25)28(37-32-23-12-4-13-24(32)15-5-14-23)27(20-35-30)36-31-21-8-2-9-22(31)11-3-10-21/h21-30H,2-20H2,1H3/t21?,22?,23?,24?,25?,26?,27-,28+,29-,30+/m1/s1. The molecular weight excluding hydrogens is 473 g/mol. The quantitative estimate of drug-likeness (QED) is 0.324. The van der Waals surface area contributed by atoms with Crippen LogP contribution in [0, 0.1) is 0 Å². The van der Waals surface area contributed by atoms with E-state index in [9.17, 15) is 0 Å². The van der Waals surface area contributed by atoms with Crippen LogP contribution in [0.2, 0.25) is 34.9 Å². The summed E-state index contributed by atoms with van der Waals surface area (Å²) in [5.41, 5.74) is 0. The average molecular weight is 524 g/mol. The van der Waals surface area contributed by atoms with E-state index in [1.807, 2.05) is 0 Å². The molecule has 0 aromatic carbocycles. The van der Waals surface area contributed by atoms with Crippen molar-refractivity contribution in [3.05, 3.63) is 0 Å². The molecule has 0 unspecified atom stereocenters. The van der Waals surface area contributed by atoms with Gasteiger partial charge in [0.2, 0.25) is 0 Å². The van der Waals surface area contributed by atoms with Gasteiger partial charge in [0.15, 0.2) is 6.29 Å². The van der Waals surface area contributed by atoms with E-state index in [1.165, 1.54) is 116 Å². The molecule has 8 heteroatoms. The van der Waals surface area contributed by atoms with Crippen LogP contribution in [0.25, 0.3) is 0 Å². The Morgan fingerprint density at radius 2 is 0.816 bits per heavy atom. The summed E-state index contributed by atoms with van der Waals surface area (Å²) < 4.78 is 34.3. The Bertz CT molecular complexity index is 723. The second-order valence-corrected chi connectivity index (χ2v) is 14.4.